The van der Waals surface area contributed by atoms with E-state index in [9.17, 15) is 0 Å². The fourth-order valence-corrected chi connectivity index (χ4v) is 6.84. The summed E-state index contributed by atoms with van der Waals surface area (Å²) in [6.07, 6.45) is 14.9. The van der Waals surface area contributed by atoms with Gasteiger partial charge in [0.15, 0.2) is 5.82 Å². The Kier molecular flexibility index (Phi) is 5.43. The summed E-state index contributed by atoms with van der Waals surface area (Å²) in [6, 6.07) is 4.27. The Morgan fingerprint density at radius 3 is 2.48 bits per heavy atom. The van der Waals surface area contributed by atoms with E-state index >= 15 is 0 Å². The fourth-order valence-electron chi connectivity index (χ4n) is 6.84. The first kappa shape index (κ1) is 21.5. The lowest BCUT2D eigenvalue weighted by molar-refractivity contribution is 0.0436. The third kappa shape index (κ3) is 4.41. The standard InChI is InChI=1S/C26H39N7/c1-17-12-21-6-7-22(13-17)32(21)16-26(3)10-8-20(9-11-26)29-24-14-23(15-27-30-24)33-25(19-4-5-19)28-18(2)31-33/h14-15,17,19-22H,4-13,16H2,1-3H3,(H,29,30)/t20?,21-,22-,26?/m1/s1. The van der Waals surface area contributed by atoms with Crippen LogP contribution < -0.4 is 5.32 Å². The average molecular weight is 450 g/mol. The minimum atomic E-state index is 0.449. The van der Waals surface area contributed by atoms with E-state index < -0.39 is 0 Å². The zero-order valence-corrected chi connectivity index (χ0v) is 20.5. The number of hydrogen-bond donors (Lipinski definition) is 1. The molecule has 2 saturated heterocycles. The number of rotatable bonds is 6. The Bertz CT molecular complexity index is 974. The molecule has 2 bridgehead atoms. The summed E-state index contributed by atoms with van der Waals surface area (Å²) in [5.74, 6) is 4.22. The van der Waals surface area contributed by atoms with Gasteiger partial charge in [0.2, 0.25) is 0 Å². The van der Waals surface area contributed by atoms with Crippen molar-refractivity contribution in [2.75, 3.05) is 11.9 Å². The van der Waals surface area contributed by atoms with E-state index in [2.05, 4.69) is 50.4 Å². The van der Waals surface area contributed by atoms with Gasteiger partial charge in [-0.25, -0.2) is 9.67 Å². The molecule has 0 radical (unpaired) electrons. The third-order valence-corrected chi connectivity index (χ3v) is 8.79. The predicted octanol–water partition coefficient (Wildman–Crippen LogP) is 4.87. The van der Waals surface area contributed by atoms with Crippen LogP contribution in [-0.4, -0.2) is 54.5 Å². The van der Waals surface area contributed by atoms with E-state index in [4.69, 9.17) is 0 Å². The first-order chi connectivity index (χ1) is 16.0. The lowest BCUT2D eigenvalue weighted by Crippen LogP contribution is -2.48. The number of nitrogens with one attached hydrogen (secondary N) is 1. The first-order valence-electron chi connectivity index (χ1n) is 13.2. The second-order valence-electron chi connectivity index (χ2n) is 11.9. The van der Waals surface area contributed by atoms with Crippen molar-refractivity contribution in [3.63, 3.8) is 0 Å². The number of anilines is 1. The molecule has 2 aromatic rings. The van der Waals surface area contributed by atoms with Gasteiger partial charge in [0.25, 0.3) is 0 Å². The largest absolute Gasteiger partial charge is 0.366 e. The summed E-state index contributed by atoms with van der Waals surface area (Å²) in [4.78, 5) is 7.56. The summed E-state index contributed by atoms with van der Waals surface area (Å²) in [6.45, 7) is 8.25. The molecule has 2 aromatic heterocycles. The highest BCUT2D eigenvalue weighted by Crippen LogP contribution is 2.44. The molecule has 0 spiro atoms. The molecule has 2 aliphatic heterocycles. The van der Waals surface area contributed by atoms with Gasteiger partial charge >= 0.3 is 0 Å². The molecule has 0 amide bonds. The van der Waals surface area contributed by atoms with Crippen molar-refractivity contribution in [2.45, 2.75) is 109 Å². The van der Waals surface area contributed by atoms with E-state index in [0.29, 0.717) is 17.4 Å². The maximum Gasteiger partial charge on any atom is 0.151 e. The summed E-state index contributed by atoms with van der Waals surface area (Å²) in [7, 11) is 0. The van der Waals surface area contributed by atoms with Gasteiger partial charge in [-0.15, -0.1) is 5.10 Å². The van der Waals surface area contributed by atoms with E-state index in [0.717, 1.165) is 41.2 Å². The Balaban J connectivity index is 1.08. The number of piperidine rings is 1. The maximum atomic E-state index is 4.66. The molecule has 4 heterocycles. The van der Waals surface area contributed by atoms with Crippen LogP contribution in [0.2, 0.25) is 0 Å². The highest BCUT2D eigenvalue weighted by Gasteiger charge is 2.43. The van der Waals surface area contributed by atoms with Crippen molar-refractivity contribution in [3.05, 3.63) is 23.9 Å². The van der Waals surface area contributed by atoms with E-state index in [1.165, 1.54) is 70.8 Å². The second-order valence-corrected chi connectivity index (χ2v) is 11.9. The van der Waals surface area contributed by atoms with Crippen molar-refractivity contribution in [2.24, 2.45) is 11.3 Å². The molecule has 0 aromatic carbocycles. The van der Waals surface area contributed by atoms with Crippen LogP contribution in [0.4, 0.5) is 5.82 Å². The van der Waals surface area contributed by atoms with Gasteiger partial charge in [-0.1, -0.05) is 13.8 Å². The van der Waals surface area contributed by atoms with Crippen LogP contribution in [-0.2, 0) is 0 Å². The van der Waals surface area contributed by atoms with Gasteiger partial charge in [0.1, 0.15) is 11.6 Å². The highest BCUT2D eigenvalue weighted by atomic mass is 15.4. The lowest BCUT2D eigenvalue weighted by atomic mass is 9.73. The molecule has 33 heavy (non-hydrogen) atoms. The molecular formula is C26H39N7. The molecule has 2 aliphatic carbocycles. The van der Waals surface area contributed by atoms with Crippen LogP contribution in [0.25, 0.3) is 5.69 Å². The van der Waals surface area contributed by atoms with Crippen molar-refractivity contribution in [3.8, 4) is 5.69 Å². The molecular weight excluding hydrogens is 410 g/mol. The maximum absolute atomic E-state index is 4.66. The Morgan fingerprint density at radius 2 is 1.79 bits per heavy atom. The number of aromatic nitrogens is 5. The summed E-state index contributed by atoms with van der Waals surface area (Å²) in [5, 5.41) is 17.0. The smallest absolute Gasteiger partial charge is 0.151 e. The van der Waals surface area contributed by atoms with Crippen LogP contribution in [0.15, 0.2) is 12.3 Å². The summed E-state index contributed by atoms with van der Waals surface area (Å²) >= 11 is 0. The topological polar surface area (TPSA) is 71.8 Å². The minimum absolute atomic E-state index is 0.449. The SMILES string of the molecule is Cc1nc(C2CC2)n(-c2cnnc(NC3CCC(C)(CN4[C@@H]5CC[C@@H]4CC(C)C5)CC3)c2)n1. The fraction of sp³-hybridized carbons (Fsp3) is 0.769. The van der Waals surface area contributed by atoms with Crippen LogP contribution in [0.1, 0.15) is 95.6 Å². The number of fused-ring (bicyclic) bond motifs is 2. The predicted molar refractivity (Wildman–Crippen MR) is 130 cm³/mol. The van der Waals surface area contributed by atoms with Crippen molar-refractivity contribution in [1.29, 1.82) is 0 Å². The zero-order chi connectivity index (χ0) is 22.6. The van der Waals surface area contributed by atoms with Crippen molar-refractivity contribution >= 4 is 5.82 Å². The van der Waals surface area contributed by atoms with Gasteiger partial charge in [0.05, 0.1) is 11.9 Å². The molecule has 1 N–H and O–H groups in total. The summed E-state index contributed by atoms with van der Waals surface area (Å²) in [5.41, 5.74) is 1.41. The van der Waals surface area contributed by atoms with E-state index in [1.54, 1.807) is 6.20 Å². The lowest BCUT2D eigenvalue weighted by Gasteiger charge is -2.46. The molecule has 4 fully saturated rings. The molecule has 0 unspecified atom stereocenters. The summed E-state index contributed by atoms with van der Waals surface area (Å²) < 4.78 is 1.97. The third-order valence-electron chi connectivity index (χ3n) is 8.79. The van der Waals surface area contributed by atoms with Crippen LogP contribution in [0.3, 0.4) is 0 Å². The van der Waals surface area contributed by atoms with Crippen molar-refractivity contribution in [1.82, 2.24) is 29.9 Å². The quantitative estimate of drug-likeness (QED) is 0.679. The molecule has 2 atom stereocenters. The van der Waals surface area contributed by atoms with E-state index in [1.807, 2.05) is 11.6 Å². The van der Waals surface area contributed by atoms with Gasteiger partial charge in [-0.3, -0.25) is 4.90 Å². The highest BCUT2D eigenvalue weighted by molar-refractivity contribution is 5.44. The van der Waals surface area contributed by atoms with Crippen LogP contribution >= 0.6 is 0 Å². The van der Waals surface area contributed by atoms with Gasteiger partial charge in [-0.05, 0) is 82.5 Å². The normalized spacial score (nSPS) is 34.5. The first-order valence-corrected chi connectivity index (χ1v) is 13.2. The monoisotopic (exact) mass is 449 g/mol. The second kappa shape index (κ2) is 8.33. The van der Waals surface area contributed by atoms with Gasteiger partial charge in [-0.2, -0.15) is 10.2 Å². The molecule has 178 valence electrons. The molecule has 6 rings (SSSR count). The Labute approximate surface area is 197 Å². The minimum Gasteiger partial charge on any atom is -0.366 e. The van der Waals surface area contributed by atoms with Gasteiger partial charge < -0.3 is 5.32 Å². The number of nitrogens with zero attached hydrogens (tertiary/aromatic N) is 6. The van der Waals surface area contributed by atoms with Crippen molar-refractivity contribution < 1.29 is 0 Å². The number of aryl methyl sites for hydroxylation is 1. The number of hydrogen-bond acceptors (Lipinski definition) is 6. The molecule has 7 nitrogen and oxygen atoms in total. The molecule has 2 saturated carbocycles. The van der Waals surface area contributed by atoms with E-state index in [-0.39, 0.29) is 0 Å². The Morgan fingerprint density at radius 1 is 1.06 bits per heavy atom. The molecule has 4 aliphatic rings. The zero-order valence-electron chi connectivity index (χ0n) is 20.5. The van der Waals surface area contributed by atoms with Crippen LogP contribution in [0, 0.1) is 18.3 Å². The average Bonchev–Trinajstić information content (AvgIpc) is 3.52. The Hall–Kier alpha value is -2.02. The van der Waals surface area contributed by atoms with Crippen LogP contribution in [0.5, 0.6) is 0 Å². The molecule has 7 heteroatoms. The van der Waals surface area contributed by atoms with Gasteiger partial charge in [0, 0.05) is 36.7 Å².